The minimum absolute atomic E-state index is 0.0277. The highest BCUT2D eigenvalue weighted by Gasteiger charge is 2.33. The van der Waals surface area contributed by atoms with Gasteiger partial charge in [0.15, 0.2) is 0 Å². The highest BCUT2D eigenvalue weighted by atomic mass is 32.2. The van der Waals surface area contributed by atoms with Crippen molar-refractivity contribution in [3.8, 4) is 6.07 Å². The fourth-order valence-electron chi connectivity index (χ4n) is 3.42. The molecule has 28 heavy (non-hydrogen) atoms. The number of carbonyl (C=O) groups excluding carboxylic acids is 1. The summed E-state index contributed by atoms with van der Waals surface area (Å²) in [5, 5.41) is 12.1. The molecular formula is C21H23N3O3S. The van der Waals surface area contributed by atoms with Crippen molar-refractivity contribution in [2.45, 2.75) is 31.2 Å². The van der Waals surface area contributed by atoms with Crippen LogP contribution in [0.15, 0.2) is 53.4 Å². The molecule has 0 atom stereocenters. The normalized spacial score (nSPS) is 15.7. The molecular weight excluding hydrogens is 374 g/mol. The van der Waals surface area contributed by atoms with Gasteiger partial charge in [-0.15, -0.1) is 0 Å². The Bertz CT molecular complexity index is 1000. The molecule has 146 valence electrons. The predicted molar refractivity (Wildman–Crippen MR) is 106 cm³/mol. The number of nitrogens with one attached hydrogen (secondary N) is 1. The first-order valence-corrected chi connectivity index (χ1v) is 10.7. The monoisotopic (exact) mass is 397 g/mol. The quantitative estimate of drug-likeness (QED) is 0.840. The molecule has 0 saturated carbocycles. The van der Waals surface area contributed by atoms with Crippen LogP contribution < -0.4 is 5.32 Å². The zero-order chi connectivity index (χ0) is 20.1. The van der Waals surface area contributed by atoms with Gasteiger partial charge in [-0.3, -0.25) is 4.79 Å². The van der Waals surface area contributed by atoms with Crippen LogP contribution in [-0.2, 0) is 21.4 Å². The van der Waals surface area contributed by atoms with Gasteiger partial charge < -0.3 is 5.32 Å². The minimum atomic E-state index is -3.74. The van der Waals surface area contributed by atoms with E-state index in [1.165, 1.54) is 16.4 Å². The van der Waals surface area contributed by atoms with Crippen LogP contribution in [-0.4, -0.2) is 31.7 Å². The Morgan fingerprint density at radius 1 is 1.14 bits per heavy atom. The van der Waals surface area contributed by atoms with Gasteiger partial charge in [0.1, 0.15) is 6.07 Å². The second kappa shape index (κ2) is 8.55. The molecule has 6 nitrogen and oxygen atoms in total. The molecule has 7 heteroatoms. The third-order valence-electron chi connectivity index (χ3n) is 5.16. The van der Waals surface area contributed by atoms with E-state index >= 15 is 0 Å². The standard InChI is InChI=1S/C21H23N3O3S/c1-16-6-2-3-8-19(16)15-23-21(25)17-10-12-24(13-11-17)28(26,27)20-9-5-4-7-18(20)14-22/h2-9,17H,10-13,15H2,1H3,(H,23,25). The van der Waals surface area contributed by atoms with E-state index in [1.807, 2.05) is 37.3 Å². The lowest BCUT2D eigenvalue weighted by Crippen LogP contribution is -2.43. The van der Waals surface area contributed by atoms with Crippen molar-refractivity contribution in [2.75, 3.05) is 13.1 Å². The number of nitrogens with zero attached hydrogens (tertiary/aromatic N) is 2. The molecule has 0 aromatic heterocycles. The van der Waals surface area contributed by atoms with E-state index in [0.29, 0.717) is 19.4 Å². The molecule has 0 radical (unpaired) electrons. The predicted octanol–water partition coefficient (Wildman–Crippen LogP) is 2.58. The first-order chi connectivity index (χ1) is 13.4. The second-order valence-corrected chi connectivity index (χ2v) is 8.84. The van der Waals surface area contributed by atoms with Crippen LogP contribution in [0.5, 0.6) is 0 Å². The third kappa shape index (κ3) is 4.24. The fourth-order valence-corrected chi connectivity index (χ4v) is 5.03. The van der Waals surface area contributed by atoms with Crippen molar-refractivity contribution >= 4 is 15.9 Å². The Morgan fingerprint density at radius 3 is 2.46 bits per heavy atom. The summed E-state index contributed by atoms with van der Waals surface area (Å²) in [4.78, 5) is 12.5. The number of carbonyl (C=O) groups is 1. The Hall–Kier alpha value is -2.69. The number of piperidine rings is 1. The summed E-state index contributed by atoms with van der Waals surface area (Å²) in [5.74, 6) is -0.251. The average molecular weight is 398 g/mol. The van der Waals surface area contributed by atoms with Crippen LogP contribution in [0.3, 0.4) is 0 Å². The zero-order valence-corrected chi connectivity index (χ0v) is 16.6. The molecule has 1 saturated heterocycles. The molecule has 0 aliphatic carbocycles. The van der Waals surface area contributed by atoms with Crippen LogP contribution in [0.1, 0.15) is 29.5 Å². The molecule has 2 aromatic rings. The van der Waals surface area contributed by atoms with Crippen molar-refractivity contribution < 1.29 is 13.2 Å². The summed E-state index contributed by atoms with van der Waals surface area (Å²) in [5.41, 5.74) is 2.34. The Labute approximate surface area is 165 Å². The lowest BCUT2D eigenvalue weighted by atomic mass is 9.97. The van der Waals surface area contributed by atoms with Crippen LogP contribution >= 0.6 is 0 Å². The third-order valence-corrected chi connectivity index (χ3v) is 7.12. The molecule has 1 N–H and O–H groups in total. The molecule has 1 aliphatic heterocycles. The summed E-state index contributed by atoms with van der Waals surface area (Å²) in [6.45, 7) is 3.01. The van der Waals surface area contributed by atoms with E-state index < -0.39 is 10.0 Å². The number of amides is 1. The minimum Gasteiger partial charge on any atom is -0.352 e. The van der Waals surface area contributed by atoms with E-state index in [0.717, 1.165) is 11.1 Å². The highest BCUT2D eigenvalue weighted by Crippen LogP contribution is 2.25. The van der Waals surface area contributed by atoms with Gasteiger partial charge in [0.2, 0.25) is 15.9 Å². The van der Waals surface area contributed by atoms with E-state index in [2.05, 4.69) is 5.32 Å². The summed E-state index contributed by atoms with van der Waals surface area (Å²) in [7, 11) is -3.74. The maximum Gasteiger partial charge on any atom is 0.244 e. The molecule has 0 unspecified atom stereocenters. The lowest BCUT2D eigenvalue weighted by molar-refractivity contribution is -0.126. The molecule has 3 rings (SSSR count). The molecule has 0 bridgehead atoms. The van der Waals surface area contributed by atoms with Crippen molar-refractivity contribution in [1.29, 1.82) is 5.26 Å². The largest absolute Gasteiger partial charge is 0.352 e. The number of nitriles is 1. The lowest BCUT2D eigenvalue weighted by Gasteiger charge is -2.30. The first-order valence-electron chi connectivity index (χ1n) is 9.25. The molecule has 1 aliphatic rings. The van der Waals surface area contributed by atoms with Crippen LogP contribution in [0.2, 0.25) is 0 Å². The summed E-state index contributed by atoms with van der Waals surface area (Å²) < 4.78 is 27.1. The number of benzene rings is 2. The maximum atomic E-state index is 12.9. The highest BCUT2D eigenvalue weighted by molar-refractivity contribution is 7.89. The average Bonchev–Trinajstić information content (AvgIpc) is 2.73. The van der Waals surface area contributed by atoms with E-state index in [4.69, 9.17) is 0 Å². The van der Waals surface area contributed by atoms with Crippen LogP contribution in [0.4, 0.5) is 0 Å². The van der Waals surface area contributed by atoms with Gasteiger partial charge in [0.25, 0.3) is 0 Å². The number of sulfonamides is 1. The van der Waals surface area contributed by atoms with Crippen molar-refractivity contribution in [2.24, 2.45) is 5.92 Å². The molecule has 1 amide bonds. The molecule has 0 spiro atoms. The summed E-state index contributed by atoms with van der Waals surface area (Å²) in [6, 6.07) is 16.0. The van der Waals surface area contributed by atoms with Gasteiger partial charge in [0.05, 0.1) is 10.5 Å². The van der Waals surface area contributed by atoms with Gasteiger partial charge in [-0.2, -0.15) is 9.57 Å². The SMILES string of the molecule is Cc1ccccc1CNC(=O)C1CCN(S(=O)(=O)c2ccccc2C#N)CC1. The van der Waals surface area contributed by atoms with Gasteiger partial charge in [-0.05, 0) is 43.0 Å². The first kappa shape index (κ1) is 20.1. The van der Waals surface area contributed by atoms with Gasteiger partial charge in [0, 0.05) is 25.6 Å². The van der Waals surface area contributed by atoms with Crippen molar-refractivity contribution in [3.05, 3.63) is 65.2 Å². The van der Waals surface area contributed by atoms with Gasteiger partial charge >= 0.3 is 0 Å². The van der Waals surface area contributed by atoms with E-state index in [9.17, 15) is 18.5 Å². The fraction of sp³-hybridized carbons (Fsp3) is 0.333. The summed E-state index contributed by atoms with van der Waals surface area (Å²) in [6.07, 6.45) is 0.932. The topological polar surface area (TPSA) is 90.3 Å². The number of hydrogen-bond acceptors (Lipinski definition) is 4. The number of rotatable bonds is 5. The van der Waals surface area contributed by atoms with Crippen LogP contribution in [0.25, 0.3) is 0 Å². The Balaban J connectivity index is 1.60. The second-order valence-electron chi connectivity index (χ2n) is 6.93. The Morgan fingerprint density at radius 2 is 1.79 bits per heavy atom. The van der Waals surface area contributed by atoms with E-state index in [1.54, 1.807) is 12.1 Å². The van der Waals surface area contributed by atoms with E-state index in [-0.39, 0.29) is 35.4 Å². The van der Waals surface area contributed by atoms with Gasteiger partial charge in [-0.25, -0.2) is 8.42 Å². The summed E-state index contributed by atoms with van der Waals surface area (Å²) >= 11 is 0. The smallest absolute Gasteiger partial charge is 0.244 e. The molecule has 1 heterocycles. The van der Waals surface area contributed by atoms with Gasteiger partial charge in [-0.1, -0.05) is 36.4 Å². The number of hydrogen-bond donors (Lipinski definition) is 1. The molecule has 1 fully saturated rings. The van der Waals surface area contributed by atoms with Crippen molar-refractivity contribution in [3.63, 3.8) is 0 Å². The maximum absolute atomic E-state index is 12.9. The molecule has 2 aromatic carbocycles. The zero-order valence-electron chi connectivity index (χ0n) is 15.8. The number of aryl methyl sites for hydroxylation is 1. The van der Waals surface area contributed by atoms with Crippen LogP contribution in [0, 0.1) is 24.2 Å². The van der Waals surface area contributed by atoms with Crippen molar-refractivity contribution in [1.82, 2.24) is 9.62 Å². The Kier molecular flexibility index (Phi) is 6.12.